The summed E-state index contributed by atoms with van der Waals surface area (Å²) in [5, 5.41) is 0. The Labute approximate surface area is 122 Å². The van der Waals surface area contributed by atoms with Crippen molar-refractivity contribution in [1.82, 2.24) is 15.0 Å². The molecule has 3 rings (SSSR count). The van der Waals surface area contributed by atoms with Gasteiger partial charge in [-0.05, 0) is 30.4 Å². The number of nitrogens with zero attached hydrogens (tertiary/aromatic N) is 3. The minimum atomic E-state index is 0.765. The lowest BCUT2D eigenvalue weighted by Gasteiger charge is -2.07. The Morgan fingerprint density at radius 1 is 1.05 bits per heavy atom. The van der Waals surface area contributed by atoms with Crippen LogP contribution in [0.15, 0.2) is 47.6 Å². The Balaban J connectivity index is 2.14. The van der Waals surface area contributed by atoms with Gasteiger partial charge in [0.05, 0.1) is 11.7 Å². The lowest BCUT2D eigenvalue weighted by Crippen LogP contribution is -1.93. The number of aromatic nitrogens is 3. The predicted octanol–water partition coefficient (Wildman–Crippen LogP) is 4.11. The summed E-state index contributed by atoms with van der Waals surface area (Å²) >= 11 is 1.81. The van der Waals surface area contributed by atoms with Crippen LogP contribution in [0.4, 0.5) is 0 Å². The molecule has 2 aromatic heterocycles. The number of fused-ring (bicyclic) bond motifs is 1. The first kappa shape index (κ1) is 13.1. The van der Waals surface area contributed by atoms with Crippen LogP contribution in [-0.4, -0.2) is 20.7 Å². The van der Waals surface area contributed by atoms with Crippen LogP contribution in [0.3, 0.4) is 0 Å². The van der Waals surface area contributed by atoms with E-state index >= 15 is 0 Å². The highest BCUT2D eigenvalue weighted by atomic mass is 32.2. The zero-order valence-electron chi connectivity index (χ0n) is 11.5. The van der Waals surface area contributed by atoms with Gasteiger partial charge in [0.15, 0.2) is 5.82 Å². The maximum absolute atomic E-state index is 4.66. The second kappa shape index (κ2) is 5.59. The quantitative estimate of drug-likeness (QED) is 0.677. The van der Waals surface area contributed by atoms with E-state index in [0.29, 0.717) is 0 Å². The van der Waals surface area contributed by atoms with Gasteiger partial charge in [0.1, 0.15) is 5.52 Å². The van der Waals surface area contributed by atoms with Gasteiger partial charge in [-0.1, -0.05) is 25.1 Å². The van der Waals surface area contributed by atoms with Crippen molar-refractivity contribution in [2.75, 3.05) is 5.75 Å². The van der Waals surface area contributed by atoms with Crippen molar-refractivity contribution >= 4 is 22.8 Å². The number of aryl methyl sites for hydroxylation is 1. The van der Waals surface area contributed by atoms with Crippen molar-refractivity contribution < 1.29 is 0 Å². The third kappa shape index (κ3) is 2.51. The van der Waals surface area contributed by atoms with E-state index in [1.165, 1.54) is 4.90 Å². The average molecular weight is 281 g/mol. The summed E-state index contributed by atoms with van der Waals surface area (Å²) in [6.45, 7) is 4.17. The van der Waals surface area contributed by atoms with Gasteiger partial charge in [-0.2, -0.15) is 0 Å². The Bertz CT molecular complexity index is 756. The zero-order chi connectivity index (χ0) is 13.9. The molecule has 0 bridgehead atoms. The van der Waals surface area contributed by atoms with Crippen molar-refractivity contribution in [3.05, 3.63) is 48.3 Å². The summed E-state index contributed by atoms with van der Waals surface area (Å²) in [5.74, 6) is 1.80. The van der Waals surface area contributed by atoms with Crippen molar-refractivity contribution in [2.45, 2.75) is 18.7 Å². The van der Waals surface area contributed by atoms with E-state index in [4.69, 9.17) is 0 Å². The zero-order valence-corrected chi connectivity index (χ0v) is 12.3. The first-order chi connectivity index (χ1) is 9.78. The van der Waals surface area contributed by atoms with E-state index in [1.807, 2.05) is 43.1 Å². The smallest absolute Gasteiger partial charge is 0.161 e. The fraction of sp³-hybridized carbons (Fsp3) is 0.188. The van der Waals surface area contributed by atoms with E-state index in [0.717, 1.165) is 33.7 Å². The van der Waals surface area contributed by atoms with Gasteiger partial charge in [-0.15, -0.1) is 11.8 Å². The number of hydrogen-bond acceptors (Lipinski definition) is 4. The molecule has 0 fully saturated rings. The summed E-state index contributed by atoms with van der Waals surface area (Å²) in [6.07, 6.45) is 3.64. The van der Waals surface area contributed by atoms with Crippen LogP contribution in [0.5, 0.6) is 0 Å². The summed E-state index contributed by atoms with van der Waals surface area (Å²) in [4.78, 5) is 14.7. The van der Waals surface area contributed by atoms with Gasteiger partial charge >= 0.3 is 0 Å². The molecule has 0 aliphatic rings. The molecule has 3 aromatic rings. The minimum Gasteiger partial charge on any atom is -0.253 e. The molecule has 4 heteroatoms. The number of benzene rings is 1. The fourth-order valence-electron chi connectivity index (χ4n) is 2.08. The van der Waals surface area contributed by atoms with Crippen LogP contribution < -0.4 is 0 Å². The fourth-order valence-corrected chi connectivity index (χ4v) is 2.88. The second-order valence-electron chi connectivity index (χ2n) is 4.54. The maximum atomic E-state index is 4.66. The molecule has 0 radical (unpaired) electrons. The standard InChI is InChI=1S/C16H15N3S/c1-3-20-15-7-5-4-6-12(15)16-18-10-14-13(19-16)8-11(2)9-17-14/h4-10H,3H2,1-2H3. The first-order valence-electron chi connectivity index (χ1n) is 6.59. The largest absolute Gasteiger partial charge is 0.253 e. The van der Waals surface area contributed by atoms with E-state index in [1.54, 1.807) is 6.20 Å². The molecular formula is C16H15N3S. The van der Waals surface area contributed by atoms with Crippen molar-refractivity contribution in [3.8, 4) is 11.4 Å². The lowest BCUT2D eigenvalue weighted by atomic mass is 10.2. The van der Waals surface area contributed by atoms with E-state index < -0.39 is 0 Å². The number of rotatable bonds is 3. The second-order valence-corrected chi connectivity index (χ2v) is 5.85. The molecule has 1 aromatic carbocycles. The van der Waals surface area contributed by atoms with Crippen molar-refractivity contribution in [1.29, 1.82) is 0 Å². The molecule has 0 saturated heterocycles. The normalized spacial score (nSPS) is 10.9. The van der Waals surface area contributed by atoms with E-state index in [2.05, 4.69) is 34.0 Å². The molecule has 0 N–H and O–H groups in total. The van der Waals surface area contributed by atoms with Gasteiger partial charge in [0.2, 0.25) is 0 Å². The van der Waals surface area contributed by atoms with Gasteiger partial charge < -0.3 is 0 Å². The third-order valence-electron chi connectivity index (χ3n) is 3.00. The van der Waals surface area contributed by atoms with Crippen LogP contribution >= 0.6 is 11.8 Å². The lowest BCUT2D eigenvalue weighted by molar-refractivity contribution is 1.18. The highest BCUT2D eigenvalue weighted by Gasteiger charge is 2.08. The Hall–Kier alpha value is -1.94. The number of pyridine rings is 1. The van der Waals surface area contributed by atoms with Gasteiger partial charge in [-0.25, -0.2) is 9.97 Å². The summed E-state index contributed by atoms with van der Waals surface area (Å²) < 4.78 is 0. The molecule has 0 aliphatic heterocycles. The monoisotopic (exact) mass is 281 g/mol. The summed E-state index contributed by atoms with van der Waals surface area (Å²) in [6, 6.07) is 10.3. The summed E-state index contributed by atoms with van der Waals surface area (Å²) in [7, 11) is 0. The van der Waals surface area contributed by atoms with Crippen LogP contribution in [0.1, 0.15) is 12.5 Å². The highest BCUT2D eigenvalue weighted by molar-refractivity contribution is 7.99. The topological polar surface area (TPSA) is 38.7 Å². The molecule has 100 valence electrons. The Kier molecular flexibility index (Phi) is 3.65. The van der Waals surface area contributed by atoms with Gasteiger partial charge in [0.25, 0.3) is 0 Å². The number of hydrogen-bond donors (Lipinski definition) is 0. The molecular weight excluding hydrogens is 266 g/mol. The highest BCUT2D eigenvalue weighted by Crippen LogP contribution is 2.29. The maximum Gasteiger partial charge on any atom is 0.161 e. The minimum absolute atomic E-state index is 0.765. The average Bonchev–Trinajstić information content (AvgIpc) is 2.47. The molecule has 2 heterocycles. The van der Waals surface area contributed by atoms with E-state index in [9.17, 15) is 0 Å². The van der Waals surface area contributed by atoms with Crippen molar-refractivity contribution in [3.63, 3.8) is 0 Å². The molecule has 0 atom stereocenters. The van der Waals surface area contributed by atoms with Gasteiger partial charge in [-0.3, -0.25) is 4.98 Å². The predicted molar refractivity (Wildman–Crippen MR) is 83.9 cm³/mol. The molecule has 3 nitrogen and oxygen atoms in total. The molecule has 0 amide bonds. The molecule has 0 aliphatic carbocycles. The first-order valence-corrected chi connectivity index (χ1v) is 7.58. The molecule has 0 spiro atoms. The number of thioether (sulfide) groups is 1. The Morgan fingerprint density at radius 3 is 2.75 bits per heavy atom. The van der Waals surface area contributed by atoms with Crippen LogP contribution in [-0.2, 0) is 0 Å². The molecule has 0 saturated carbocycles. The van der Waals surface area contributed by atoms with E-state index in [-0.39, 0.29) is 0 Å². The van der Waals surface area contributed by atoms with Gasteiger partial charge in [0, 0.05) is 16.7 Å². The molecule has 0 unspecified atom stereocenters. The summed E-state index contributed by atoms with van der Waals surface area (Å²) in [5.41, 5.74) is 3.92. The van der Waals surface area contributed by atoms with Crippen molar-refractivity contribution in [2.24, 2.45) is 0 Å². The van der Waals surface area contributed by atoms with Crippen LogP contribution in [0, 0.1) is 6.92 Å². The Morgan fingerprint density at radius 2 is 1.90 bits per heavy atom. The van der Waals surface area contributed by atoms with Crippen LogP contribution in [0.2, 0.25) is 0 Å². The molecule has 20 heavy (non-hydrogen) atoms. The SMILES string of the molecule is CCSc1ccccc1-c1ncc2ncc(C)cc2n1. The van der Waals surface area contributed by atoms with Crippen LogP contribution in [0.25, 0.3) is 22.4 Å². The third-order valence-corrected chi connectivity index (χ3v) is 3.95.